The van der Waals surface area contributed by atoms with Crippen LogP contribution in [0, 0.1) is 0 Å². The number of imidazole rings is 1. The van der Waals surface area contributed by atoms with Crippen LogP contribution < -0.4 is 5.32 Å². The minimum absolute atomic E-state index is 0.643. The van der Waals surface area contributed by atoms with Crippen molar-refractivity contribution in [1.82, 2.24) is 14.5 Å². The van der Waals surface area contributed by atoms with E-state index < -0.39 is 0 Å². The number of fused-ring (bicyclic) bond motifs is 1. The van der Waals surface area contributed by atoms with Gasteiger partial charge in [-0.3, -0.25) is 4.98 Å². The Morgan fingerprint density at radius 1 is 1.29 bits per heavy atom. The lowest BCUT2D eigenvalue weighted by Crippen LogP contribution is -2.06. The van der Waals surface area contributed by atoms with Crippen LogP contribution in [0.1, 0.15) is 24.6 Å². The summed E-state index contributed by atoms with van der Waals surface area (Å²) in [4.78, 5) is 8.70. The largest absolute Gasteiger partial charge is 0.378 e. The van der Waals surface area contributed by atoms with E-state index in [-0.39, 0.29) is 0 Å². The van der Waals surface area contributed by atoms with E-state index in [4.69, 9.17) is 11.6 Å². The normalized spacial score (nSPS) is 14.5. The van der Waals surface area contributed by atoms with Crippen molar-refractivity contribution in [2.75, 3.05) is 5.32 Å². The fourth-order valence-electron chi connectivity index (χ4n) is 2.62. The number of hydrogen-bond acceptors (Lipinski definition) is 3. The summed E-state index contributed by atoms with van der Waals surface area (Å²) in [5.41, 5.74) is 3.11. The second-order valence-electron chi connectivity index (χ2n) is 5.37. The van der Waals surface area contributed by atoms with Gasteiger partial charge >= 0.3 is 0 Å². The molecule has 0 amide bonds. The maximum Gasteiger partial charge on any atom is 0.0951 e. The Bertz CT molecular complexity index is 792. The zero-order valence-electron chi connectivity index (χ0n) is 11.5. The first-order chi connectivity index (χ1) is 10.3. The molecule has 1 N–H and O–H groups in total. The number of aromatic nitrogens is 3. The minimum atomic E-state index is 0.643. The Morgan fingerprint density at radius 2 is 2.19 bits per heavy atom. The molecular formula is C16H15ClN4. The van der Waals surface area contributed by atoms with Crippen molar-refractivity contribution in [3.05, 3.63) is 53.7 Å². The monoisotopic (exact) mass is 298 g/mol. The molecule has 3 aromatic rings. The molecule has 4 nitrogen and oxygen atoms in total. The van der Waals surface area contributed by atoms with Gasteiger partial charge in [-0.2, -0.15) is 0 Å². The van der Waals surface area contributed by atoms with Crippen molar-refractivity contribution in [2.45, 2.75) is 25.4 Å². The molecule has 2 heterocycles. The van der Waals surface area contributed by atoms with E-state index >= 15 is 0 Å². The number of hydrogen-bond donors (Lipinski definition) is 1. The summed E-state index contributed by atoms with van der Waals surface area (Å²) >= 11 is 6.22. The molecule has 1 aliphatic carbocycles. The molecule has 0 unspecified atom stereocenters. The average Bonchev–Trinajstić information content (AvgIpc) is 3.26. The summed E-state index contributed by atoms with van der Waals surface area (Å²) < 4.78 is 2.26. The number of pyridine rings is 1. The molecule has 1 aromatic carbocycles. The third-order valence-corrected chi connectivity index (χ3v) is 4.19. The van der Waals surface area contributed by atoms with Gasteiger partial charge in [-0.05, 0) is 37.1 Å². The van der Waals surface area contributed by atoms with E-state index in [2.05, 4.69) is 19.9 Å². The minimum Gasteiger partial charge on any atom is -0.378 e. The van der Waals surface area contributed by atoms with Gasteiger partial charge < -0.3 is 9.88 Å². The van der Waals surface area contributed by atoms with Gasteiger partial charge in [0, 0.05) is 23.8 Å². The van der Waals surface area contributed by atoms with E-state index in [0.717, 1.165) is 28.2 Å². The lowest BCUT2D eigenvalue weighted by atomic mass is 10.2. The van der Waals surface area contributed by atoms with Gasteiger partial charge in [-0.25, -0.2) is 4.98 Å². The van der Waals surface area contributed by atoms with E-state index in [1.807, 2.05) is 36.8 Å². The Hall–Kier alpha value is -2.07. The van der Waals surface area contributed by atoms with Crippen molar-refractivity contribution in [2.24, 2.45) is 0 Å². The predicted octanol–water partition coefficient (Wildman–Crippen LogP) is 4.03. The molecular weight excluding hydrogens is 284 g/mol. The fraction of sp³-hybridized carbons (Fsp3) is 0.250. The topological polar surface area (TPSA) is 42.7 Å². The lowest BCUT2D eigenvalue weighted by Gasteiger charge is -2.11. The first kappa shape index (κ1) is 12.7. The number of rotatable bonds is 4. The van der Waals surface area contributed by atoms with Crippen molar-refractivity contribution in [3.8, 4) is 0 Å². The first-order valence-corrected chi connectivity index (χ1v) is 7.48. The third kappa shape index (κ3) is 2.36. The van der Waals surface area contributed by atoms with Gasteiger partial charge in [0.15, 0.2) is 0 Å². The number of anilines is 1. The van der Waals surface area contributed by atoms with Crippen LogP contribution in [-0.2, 0) is 6.54 Å². The summed E-state index contributed by atoms with van der Waals surface area (Å²) in [6.45, 7) is 0.740. The fourth-order valence-corrected chi connectivity index (χ4v) is 2.83. The van der Waals surface area contributed by atoms with Crippen LogP contribution >= 0.6 is 11.6 Å². The molecule has 21 heavy (non-hydrogen) atoms. The molecule has 4 rings (SSSR count). The highest BCUT2D eigenvalue weighted by molar-refractivity contribution is 6.35. The standard InChI is InChI=1S/C16H15ClN4/c17-14-5-6-15(16-13(14)2-1-7-19-16)20-9-12-8-18-10-21(12)11-3-4-11/h1-2,5-8,10-11,20H,3-4,9H2. The van der Waals surface area contributed by atoms with Gasteiger partial charge in [0.05, 0.1) is 34.8 Å². The predicted molar refractivity (Wildman–Crippen MR) is 84.6 cm³/mol. The summed E-state index contributed by atoms with van der Waals surface area (Å²) in [6, 6.07) is 8.43. The highest BCUT2D eigenvalue weighted by Crippen LogP contribution is 2.36. The van der Waals surface area contributed by atoms with Crippen LogP contribution in [0.5, 0.6) is 0 Å². The summed E-state index contributed by atoms with van der Waals surface area (Å²) in [5, 5.41) is 5.16. The van der Waals surface area contributed by atoms with Gasteiger partial charge in [0.25, 0.3) is 0 Å². The zero-order valence-corrected chi connectivity index (χ0v) is 12.2. The Labute approximate surface area is 127 Å². The van der Waals surface area contributed by atoms with Gasteiger partial charge in [0.2, 0.25) is 0 Å². The first-order valence-electron chi connectivity index (χ1n) is 7.11. The lowest BCUT2D eigenvalue weighted by molar-refractivity contribution is 0.701. The van der Waals surface area contributed by atoms with Gasteiger partial charge in [0.1, 0.15) is 0 Å². The molecule has 0 spiro atoms. The number of benzene rings is 1. The maximum atomic E-state index is 6.22. The summed E-state index contributed by atoms with van der Waals surface area (Å²) in [6.07, 6.45) is 8.16. The smallest absolute Gasteiger partial charge is 0.0951 e. The molecule has 1 fully saturated rings. The molecule has 0 atom stereocenters. The second-order valence-corrected chi connectivity index (χ2v) is 5.78. The SMILES string of the molecule is Clc1ccc(NCc2cncn2C2CC2)c2ncccc12. The highest BCUT2D eigenvalue weighted by atomic mass is 35.5. The Morgan fingerprint density at radius 3 is 3.05 bits per heavy atom. The summed E-state index contributed by atoms with van der Waals surface area (Å²) in [7, 11) is 0. The van der Waals surface area contributed by atoms with Crippen molar-refractivity contribution in [1.29, 1.82) is 0 Å². The van der Waals surface area contributed by atoms with Crippen molar-refractivity contribution in [3.63, 3.8) is 0 Å². The number of nitrogens with zero attached hydrogens (tertiary/aromatic N) is 3. The maximum absolute atomic E-state index is 6.22. The molecule has 106 valence electrons. The van der Waals surface area contributed by atoms with Gasteiger partial charge in [-0.15, -0.1) is 0 Å². The number of halogens is 1. The van der Waals surface area contributed by atoms with Crippen LogP contribution in [0.3, 0.4) is 0 Å². The molecule has 5 heteroatoms. The molecule has 1 aliphatic rings. The van der Waals surface area contributed by atoms with E-state index in [9.17, 15) is 0 Å². The molecule has 2 aromatic heterocycles. The second kappa shape index (κ2) is 5.04. The molecule has 0 radical (unpaired) electrons. The van der Waals surface area contributed by atoms with Crippen LogP contribution in [0.2, 0.25) is 5.02 Å². The average molecular weight is 299 g/mol. The molecule has 1 saturated carbocycles. The zero-order chi connectivity index (χ0) is 14.2. The molecule has 0 bridgehead atoms. The third-order valence-electron chi connectivity index (χ3n) is 3.86. The quantitative estimate of drug-likeness (QED) is 0.790. The van der Waals surface area contributed by atoms with Gasteiger partial charge in [-0.1, -0.05) is 11.6 Å². The van der Waals surface area contributed by atoms with E-state index in [1.165, 1.54) is 18.5 Å². The van der Waals surface area contributed by atoms with Crippen LogP contribution in [-0.4, -0.2) is 14.5 Å². The van der Waals surface area contributed by atoms with Crippen molar-refractivity contribution < 1.29 is 0 Å². The Balaban J connectivity index is 1.62. The van der Waals surface area contributed by atoms with Crippen LogP contribution in [0.15, 0.2) is 43.0 Å². The van der Waals surface area contributed by atoms with E-state index in [1.54, 1.807) is 6.20 Å². The molecule has 0 aliphatic heterocycles. The van der Waals surface area contributed by atoms with Crippen LogP contribution in [0.4, 0.5) is 5.69 Å². The molecule has 0 saturated heterocycles. The Kier molecular flexibility index (Phi) is 3.04. The van der Waals surface area contributed by atoms with E-state index in [0.29, 0.717) is 6.04 Å². The highest BCUT2D eigenvalue weighted by Gasteiger charge is 2.25. The van der Waals surface area contributed by atoms with Crippen molar-refractivity contribution >= 4 is 28.2 Å². The van der Waals surface area contributed by atoms with Crippen LogP contribution in [0.25, 0.3) is 10.9 Å². The summed E-state index contributed by atoms with van der Waals surface area (Å²) in [5.74, 6) is 0. The number of nitrogens with one attached hydrogen (secondary N) is 1.